The Kier molecular flexibility index (Phi) is 6.58. The number of thioether (sulfide) groups is 1. The molecule has 0 unspecified atom stereocenters. The molecule has 1 N–H and O–H groups in total. The number of anilines is 1. The van der Waals surface area contributed by atoms with Gasteiger partial charge in [-0.2, -0.15) is 0 Å². The summed E-state index contributed by atoms with van der Waals surface area (Å²) in [6.07, 6.45) is 0.435. The zero-order valence-corrected chi connectivity index (χ0v) is 17.9. The molecule has 0 aliphatic carbocycles. The van der Waals surface area contributed by atoms with Gasteiger partial charge >= 0.3 is 0 Å². The van der Waals surface area contributed by atoms with Crippen molar-refractivity contribution >= 4 is 45.7 Å². The molecule has 0 saturated heterocycles. The summed E-state index contributed by atoms with van der Waals surface area (Å²) >= 11 is 8.98. The van der Waals surface area contributed by atoms with Crippen molar-refractivity contribution in [2.75, 3.05) is 11.1 Å². The maximum atomic E-state index is 12.2. The molecule has 3 rings (SSSR count). The van der Waals surface area contributed by atoms with Crippen molar-refractivity contribution in [2.24, 2.45) is 0 Å². The van der Waals surface area contributed by atoms with E-state index < -0.39 is 0 Å². The summed E-state index contributed by atoms with van der Waals surface area (Å²) in [4.78, 5) is 17.9. The van der Waals surface area contributed by atoms with Crippen LogP contribution in [0.4, 0.5) is 5.13 Å². The van der Waals surface area contributed by atoms with E-state index in [1.807, 2.05) is 29.6 Å². The molecule has 140 valence electrons. The number of aryl methyl sites for hydroxylation is 3. The molecule has 6 heteroatoms. The predicted octanol–water partition coefficient (Wildman–Crippen LogP) is 6.51. The fourth-order valence-electron chi connectivity index (χ4n) is 3.00. The van der Waals surface area contributed by atoms with E-state index in [0.29, 0.717) is 17.3 Å². The van der Waals surface area contributed by atoms with Crippen molar-refractivity contribution in [3.63, 3.8) is 0 Å². The molecule has 27 heavy (non-hydrogen) atoms. The van der Waals surface area contributed by atoms with Gasteiger partial charge in [0.1, 0.15) is 0 Å². The van der Waals surface area contributed by atoms with Gasteiger partial charge in [-0.3, -0.25) is 4.79 Å². The first-order chi connectivity index (χ1) is 12.9. The number of rotatable bonds is 6. The molecule has 0 bridgehead atoms. The van der Waals surface area contributed by atoms with Crippen LogP contribution in [0.5, 0.6) is 0 Å². The molecular formula is C21H21ClN2OS2. The van der Waals surface area contributed by atoms with Gasteiger partial charge in [0.15, 0.2) is 5.13 Å². The fraction of sp³-hybridized carbons (Fsp3) is 0.238. The number of halogens is 1. The van der Waals surface area contributed by atoms with Crippen LogP contribution in [-0.2, 0) is 4.79 Å². The highest BCUT2D eigenvalue weighted by Gasteiger charge is 2.12. The first-order valence-corrected chi connectivity index (χ1v) is 10.9. The van der Waals surface area contributed by atoms with E-state index in [1.165, 1.54) is 28.0 Å². The van der Waals surface area contributed by atoms with Crippen LogP contribution in [0.3, 0.4) is 0 Å². The number of hydrogen-bond acceptors (Lipinski definition) is 4. The number of nitrogens with zero attached hydrogens (tertiary/aromatic N) is 1. The molecule has 2 aromatic carbocycles. The van der Waals surface area contributed by atoms with Crippen molar-refractivity contribution < 1.29 is 4.79 Å². The molecule has 1 amide bonds. The van der Waals surface area contributed by atoms with Crippen molar-refractivity contribution in [3.8, 4) is 11.3 Å². The van der Waals surface area contributed by atoms with Crippen LogP contribution in [-0.4, -0.2) is 16.6 Å². The van der Waals surface area contributed by atoms with Crippen LogP contribution in [0.15, 0.2) is 46.7 Å². The van der Waals surface area contributed by atoms with Gasteiger partial charge < -0.3 is 5.32 Å². The van der Waals surface area contributed by atoms with Crippen molar-refractivity contribution in [2.45, 2.75) is 32.1 Å². The zero-order chi connectivity index (χ0) is 19.4. The van der Waals surface area contributed by atoms with E-state index in [4.69, 9.17) is 11.6 Å². The smallest absolute Gasteiger partial charge is 0.226 e. The lowest BCUT2D eigenvalue weighted by Gasteiger charge is -2.08. The molecule has 0 fully saturated rings. The van der Waals surface area contributed by atoms with E-state index in [9.17, 15) is 4.79 Å². The third-order valence-electron chi connectivity index (χ3n) is 4.10. The maximum absolute atomic E-state index is 12.2. The third kappa shape index (κ3) is 5.34. The average Bonchev–Trinajstić information content (AvgIpc) is 3.03. The molecule has 1 aromatic heterocycles. The summed E-state index contributed by atoms with van der Waals surface area (Å²) in [5, 5.41) is 6.28. The standard InChI is InChI=1S/C21H21ClN2OS2/c1-13-10-14(2)20(15(3)11-13)18-12-27-21(23-18)24-19(25)8-9-26-17-6-4-16(22)5-7-17/h4-7,10-12H,8-9H2,1-3H3,(H,23,24,25). The molecule has 0 saturated carbocycles. The Hall–Kier alpha value is -1.82. The van der Waals surface area contributed by atoms with Gasteiger partial charge in [0.05, 0.1) is 5.69 Å². The second kappa shape index (κ2) is 8.91. The Bertz CT molecular complexity index is 928. The molecule has 3 nitrogen and oxygen atoms in total. The molecule has 0 atom stereocenters. The van der Waals surface area contributed by atoms with Crippen LogP contribution in [0.25, 0.3) is 11.3 Å². The topological polar surface area (TPSA) is 42.0 Å². The largest absolute Gasteiger partial charge is 0.302 e. The van der Waals surface area contributed by atoms with E-state index in [1.54, 1.807) is 11.8 Å². The number of amides is 1. The van der Waals surface area contributed by atoms with Crippen molar-refractivity contribution in [1.29, 1.82) is 0 Å². The summed E-state index contributed by atoms with van der Waals surface area (Å²) in [5.41, 5.74) is 5.72. The molecule has 0 aliphatic heterocycles. The second-order valence-corrected chi connectivity index (χ2v) is 8.88. The van der Waals surface area contributed by atoms with E-state index in [-0.39, 0.29) is 5.91 Å². The number of aromatic nitrogens is 1. The van der Waals surface area contributed by atoms with Crippen molar-refractivity contribution in [3.05, 3.63) is 63.5 Å². The molecule has 0 radical (unpaired) electrons. The first-order valence-electron chi connectivity index (χ1n) is 8.64. The lowest BCUT2D eigenvalue weighted by atomic mass is 9.98. The molecule has 0 aliphatic rings. The van der Waals surface area contributed by atoms with Crippen LogP contribution in [0, 0.1) is 20.8 Å². The lowest BCUT2D eigenvalue weighted by Crippen LogP contribution is -2.11. The summed E-state index contributed by atoms with van der Waals surface area (Å²) in [5.74, 6) is 0.691. The molecular weight excluding hydrogens is 396 g/mol. The van der Waals surface area contributed by atoms with Crippen LogP contribution < -0.4 is 5.32 Å². The number of carbonyl (C=O) groups excluding carboxylic acids is 1. The number of benzene rings is 2. The Morgan fingerprint density at radius 2 is 1.81 bits per heavy atom. The average molecular weight is 417 g/mol. The number of carbonyl (C=O) groups is 1. The Morgan fingerprint density at radius 3 is 2.48 bits per heavy atom. The predicted molar refractivity (Wildman–Crippen MR) is 117 cm³/mol. The van der Waals surface area contributed by atoms with E-state index in [2.05, 4.69) is 43.2 Å². The summed E-state index contributed by atoms with van der Waals surface area (Å²) in [6.45, 7) is 6.29. The normalized spacial score (nSPS) is 10.8. The maximum Gasteiger partial charge on any atom is 0.226 e. The molecule has 3 aromatic rings. The number of nitrogens with one attached hydrogen (secondary N) is 1. The van der Waals surface area contributed by atoms with Gasteiger partial charge in [0, 0.05) is 33.0 Å². The van der Waals surface area contributed by atoms with E-state index in [0.717, 1.165) is 21.2 Å². The monoisotopic (exact) mass is 416 g/mol. The quantitative estimate of drug-likeness (QED) is 0.465. The van der Waals surface area contributed by atoms with Crippen LogP contribution >= 0.6 is 34.7 Å². The summed E-state index contributed by atoms with van der Waals surface area (Å²) in [7, 11) is 0. The minimum atomic E-state index is -0.0188. The van der Waals surface area contributed by atoms with E-state index >= 15 is 0 Å². The van der Waals surface area contributed by atoms with Gasteiger partial charge in [0.2, 0.25) is 5.91 Å². The number of hydrogen-bond donors (Lipinski definition) is 1. The summed E-state index contributed by atoms with van der Waals surface area (Å²) < 4.78 is 0. The minimum Gasteiger partial charge on any atom is -0.302 e. The van der Waals surface area contributed by atoms with Gasteiger partial charge in [0.25, 0.3) is 0 Å². The number of thiazole rings is 1. The van der Waals surface area contributed by atoms with Crippen LogP contribution in [0.1, 0.15) is 23.1 Å². The highest BCUT2D eigenvalue weighted by Crippen LogP contribution is 2.31. The molecule has 0 spiro atoms. The van der Waals surface area contributed by atoms with Crippen LogP contribution in [0.2, 0.25) is 5.02 Å². The highest BCUT2D eigenvalue weighted by atomic mass is 35.5. The Balaban J connectivity index is 1.57. The first kappa shape index (κ1) is 19.9. The third-order valence-corrected chi connectivity index (χ3v) is 6.12. The Morgan fingerprint density at radius 1 is 1.15 bits per heavy atom. The lowest BCUT2D eigenvalue weighted by molar-refractivity contribution is -0.115. The molecule has 1 heterocycles. The fourth-order valence-corrected chi connectivity index (χ4v) is 4.70. The van der Waals surface area contributed by atoms with Crippen molar-refractivity contribution in [1.82, 2.24) is 4.98 Å². The second-order valence-electron chi connectivity index (χ2n) is 6.41. The summed E-state index contributed by atoms with van der Waals surface area (Å²) in [6, 6.07) is 12.0. The zero-order valence-electron chi connectivity index (χ0n) is 15.5. The Labute approximate surface area is 173 Å². The van der Waals surface area contributed by atoms with Gasteiger partial charge in [-0.25, -0.2) is 4.98 Å². The highest BCUT2D eigenvalue weighted by molar-refractivity contribution is 7.99. The van der Waals surface area contributed by atoms with Gasteiger partial charge in [-0.15, -0.1) is 23.1 Å². The SMILES string of the molecule is Cc1cc(C)c(-c2csc(NC(=O)CCSc3ccc(Cl)cc3)n2)c(C)c1. The minimum absolute atomic E-state index is 0.0188. The van der Waals surface area contributed by atoms with Gasteiger partial charge in [-0.1, -0.05) is 29.3 Å². The van der Waals surface area contributed by atoms with Gasteiger partial charge in [-0.05, 0) is 56.2 Å².